The lowest BCUT2D eigenvalue weighted by molar-refractivity contribution is 0.168. The maximum absolute atomic E-state index is 10.4. The largest absolute Gasteiger partial charge is 0.236 e. The van der Waals surface area contributed by atoms with Gasteiger partial charge in [-0.25, -0.2) is 5.11 Å². The third kappa shape index (κ3) is 9.35. The van der Waals surface area contributed by atoms with E-state index in [9.17, 15) is 5.11 Å². The van der Waals surface area contributed by atoms with Crippen LogP contribution < -0.4 is 0 Å². The van der Waals surface area contributed by atoms with E-state index in [4.69, 9.17) is 0 Å². The summed E-state index contributed by atoms with van der Waals surface area (Å²) in [4.78, 5) is 0. The van der Waals surface area contributed by atoms with Crippen molar-refractivity contribution in [3.8, 4) is 0 Å². The molecule has 0 aliphatic heterocycles. The Labute approximate surface area is 82.2 Å². The second-order valence-electron chi connectivity index (χ2n) is 3.82. The van der Waals surface area contributed by atoms with E-state index in [0.717, 1.165) is 12.8 Å². The average Bonchev–Trinajstić information content (AvgIpc) is 2.10. The predicted molar refractivity (Wildman–Crippen MR) is 57.1 cm³/mol. The Balaban J connectivity index is 3.40. The van der Waals surface area contributed by atoms with E-state index in [2.05, 4.69) is 32.1 Å². The Hall–Kier alpha value is -0.560. The van der Waals surface area contributed by atoms with Gasteiger partial charge in [-0.2, -0.15) is 0 Å². The normalized spacial score (nSPS) is 14.8. The Kier molecular flexibility index (Phi) is 7.71. The summed E-state index contributed by atoms with van der Waals surface area (Å²) in [6.45, 7) is 6.30. The average molecular weight is 181 g/mol. The molecule has 0 aromatic rings. The second-order valence-corrected chi connectivity index (χ2v) is 3.82. The minimum absolute atomic E-state index is 0.00165. The number of unbranched alkanes of at least 4 members (excludes halogenated alkanes) is 1. The molecule has 1 nitrogen and oxygen atoms in total. The highest BCUT2D eigenvalue weighted by atomic mass is 16.3. The zero-order valence-electron chi connectivity index (χ0n) is 8.99. The van der Waals surface area contributed by atoms with Gasteiger partial charge in [-0.3, -0.25) is 0 Å². The van der Waals surface area contributed by atoms with Crippen molar-refractivity contribution < 1.29 is 5.11 Å². The molecule has 1 radical (unpaired) electrons. The molecule has 75 valence electrons. The van der Waals surface area contributed by atoms with Gasteiger partial charge in [0.1, 0.15) is 0 Å². The quantitative estimate of drug-likeness (QED) is 0.441. The van der Waals surface area contributed by atoms with Gasteiger partial charge in [0, 0.05) is 5.92 Å². The molecule has 0 aliphatic rings. The van der Waals surface area contributed by atoms with Crippen molar-refractivity contribution >= 4 is 0 Å². The van der Waals surface area contributed by atoms with E-state index in [0.29, 0.717) is 5.92 Å². The van der Waals surface area contributed by atoms with Gasteiger partial charge in [-0.05, 0) is 18.8 Å². The summed E-state index contributed by atoms with van der Waals surface area (Å²) in [5.74, 6) is 0.832. The fourth-order valence-electron chi connectivity index (χ4n) is 0.945. The van der Waals surface area contributed by atoms with Crippen LogP contribution in [0, 0.1) is 11.8 Å². The van der Waals surface area contributed by atoms with Crippen molar-refractivity contribution in [1.82, 2.24) is 0 Å². The second kappa shape index (κ2) is 8.06. The van der Waals surface area contributed by atoms with Crippen LogP contribution in [-0.2, 0) is 5.11 Å². The third-order valence-corrected chi connectivity index (χ3v) is 1.75. The van der Waals surface area contributed by atoms with Crippen LogP contribution in [0.15, 0.2) is 24.3 Å². The van der Waals surface area contributed by atoms with Crippen molar-refractivity contribution in [3.05, 3.63) is 24.3 Å². The van der Waals surface area contributed by atoms with Gasteiger partial charge < -0.3 is 0 Å². The lowest BCUT2D eigenvalue weighted by atomic mass is 10.1. The Morgan fingerprint density at radius 3 is 2.00 bits per heavy atom. The molecule has 0 bridgehead atoms. The van der Waals surface area contributed by atoms with Gasteiger partial charge in [-0.1, -0.05) is 45.1 Å². The first-order valence-corrected chi connectivity index (χ1v) is 5.08. The predicted octanol–water partition coefficient (Wildman–Crippen LogP) is 3.60. The summed E-state index contributed by atoms with van der Waals surface area (Å²) in [6.07, 6.45) is 10.7. The first kappa shape index (κ1) is 12.4. The van der Waals surface area contributed by atoms with Crippen LogP contribution >= 0.6 is 0 Å². The smallest absolute Gasteiger partial charge is 0.0882 e. The van der Waals surface area contributed by atoms with Gasteiger partial charge >= 0.3 is 0 Å². The van der Waals surface area contributed by atoms with E-state index >= 15 is 0 Å². The fraction of sp³-hybridized carbons (Fsp3) is 0.667. The van der Waals surface area contributed by atoms with E-state index in [1.165, 1.54) is 0 Å². The maximum atomic E-state index is 10.4. The number of allylic oxidation sites excluding steroid dienone is 3. The molecule has 1 heteroatoms. The molecule has 0 saturated carbocycles. The van der Waals surface area contributed by atoms with Crippen LogP contribution in [-0.4, -0.2) is 6.61 Å². The molecule has 0 aromatic carbocycles. The SMILES string of the molecule is CC(C)C=CCCC=CC(C)C[O]. The molecule has 0 spiro atoms. The van der Waals surface area contributed by atoms with Gasteiger partial charge in [0.25, 0.3) is 0 Å². The highest BCUT2D eigenvalue weighted by Crippen LogP contribution is 2.01. The van der Waals surface area contributed by atoms with Crippen molar-refractivity contribution in [2.45, 2.75) is 33.6 Å². The third-order valence-electron chi connectivity index (χ3n) is 1.75. The van der Waals surface area contributed by atoms with Crippen molar-refractivity contribution in [3.63, 3.8) is 0 Å². The summed E-state index contributed by atoms with van der Waals surface area (Å²) in [6, 6.07) is 0. The first-order chi connectivity index (χ1) is 6.16. The van der Waals surface area contributed by atoms with Crippen LogP contribution in [0.4, 0.5) is 0 Å². The number of rotatable bonds is 6. The van der Waals surface area contributed by atoms with Crippen molar-refractivity contribution in [1.29, 1.82) is 0 Å². The zero-order valence-corrected chi connectivity index (χ0v) is 8.99. The van der Waals surface area contributed by atoms with Gasteiger partial charge in [-0.15, -0.1) is 0 Å². The van der Waals surface area contributed by atoms with Crippen molar-refractivity contribution in [2.75, 3.05) is 6.61 Å². The summed E-state index contributed by atoms with van der Waals surface area (Å²) in [5.41, 5.74) is 0. The van der Waals surface area contributed by atoms with Crippen LogP contribution in [0.2, 0.25) is 0 Å². The van der Waals surface area contributed by atoms with E-state index in [1.807, 2.05) is 13.0 Å². The summed E-state index contributed by atoms with van der Waals surface area (Å²) in [5, 5.41) is 10.4. The molecule has 0 amide bonds. The molecule has 0 aromatic heterocycles. The standard InChI is InChI=1S/C12H21O/c1-11(2)8-6-4-5-7-9-12(3)10-13/h6-9,11-12H,4-5,10H2,1-3H3. The molecular formula is C12H21O. The molecule has 1 atom stereocenters. The molecule has 0 aliphatic carbocycles. The summed E-state index contributed by atoms with van der Waals surface area (Å²) >= 11 is 0. The first-order valence-electron chi connectivity index (χ1n) is 5.08. The topological polar surface area (TPSA) is 19.9 Å². The number of hydrogen-bond acceptors (Lipinski definition) is 0. The number of hydrogen-bond donors (Lipinski definition) is 0. The van der Waals surface area contributed by atoms with Crippen LogP contribution in [0.5, 0.6) is 0 Å². The molecular weight excluding hydrogens is 160 g/mol. The minimum Gasteiger partial charge on any atom is -0.236 e. The van der Waals surface area contributed by atoms with Gasteiger partial charge in [0.15, 0.2) is 0 Å². The zero-order chi connectivity index (χ0) is 10.1. The van der Waals surface area contributed by atoms with Crippen LogP contribution in [0.1, 0.15) is 33.6 Å². The van der Waals surface area contributed by atoms with E-state index < -0.39 is 0 Å². The van der Waals surface area contributed by atoms with Crippen LogP contribution in [0.25, 0.3) is 0 Å². The molecule has 13 heavy (non-hydrogen) atoms. The molecule has 0 heterocycles. The molecule has 0 rings (SSSR count). The lowest BCUT2D eigenvalue weighted by Crippen LogP contribution is -1.92. The van der Waals surface area contributed by atoms with Crippen molar-refractivity contribution in [2.24, 2.45) is 11.8 Å². The van der Waals surface area contributed by atoms with E-state index in [-0.39, 0.29) is 12.5 Å². The van der Waals surface area contributed by atoms with E-state index in [1.54, 1.807) is 0 Å². The Morgan fingerprint density at radius 2 is 1.54 bits per heavy atom. The molecule has 0 fully saturated rings. The summed E-state index contributed by atoms with van der Waals surface area (Å²) < 4.78 is 0. The maximum Gasteiger partial charge on any atom is 0.0882 e. The highest BCUT2D eigenvalue weighted by molar-refractivity contribution is 4.91. The molecule has 0 saturated heterocycles. The highest BCUT2D eigenvalue weighted by Gasteiger charge is 1.91. The van der Waals surface area contributed by atoms with Crippen LogP contribution in [0.3, 0.4) is 0 Å². The monoisotopic (exact) mass is 181 g/mol. The lowest BCUT2D eigenvalue weighted by Gasteiger charge is -1.96. The minimum atomic E-state index is -0.00165. The van der Waals surface area contributed by atoms with Gasteiger partial charge in [0.2, 0.25) is 0 Å². The fourth-order valence-corrected chi connectivity index (χ4v) is 0.945. The molecule has 0 N–H and O–H groups in total. The Morgan fingerprint density at radius 1 is 1.00 bits per heavy atom. The Bertz CT molecular complexity index is 157. The van der Waals surface area contributed by atoms with Gasteiger partial charge in [0.05, 0.1) is 6.61 Å². The molecule has 1 unspecified atom stereocenters. The summed E-state index contributed by atoms with van der Waals surface area (Å²) in [7, 11) is 0.